The number of aliphatic hydroxyl groups is 1. The summed E-state index contributed by atoms with van der Waals surface area (Å²) in [7, 11) is 4.70. The van der Waals surface area contributed by atoms with E-state index in [4.69, 9.17) is 14.2 Å². The van der Waals surface area contributed by atoms with Crippen molar-refractivity contribution in [2.45, 2.75) is 6.10 Å². The number of amides is 1. The van der Waals surface area contributed by atoms with Gasteiger partial charge in [0, 0.05) is 11.3 Å². The van der Waals surface area contributed by atoms with Crippen LogP contribution in [0.5, 0.6) is 17.2 Å². The zero-order valence-electron chi connectivity index (χ0n) is 16.5. The highest BCUT2D eigenvalue weighted by atomic mass is 16.5. The third kappa shape index (κ3) is 4.50. The smallest absolute Gasteiger partial charge is 0.257 e. The molecule has 1 unspecified atom stereocenters. The summed E-state index contributed by atoms with van der Waals surface area (Å²) in [4.78, 5) is 12.6. The van der Waals surface area contributed by atoms with Crippen molar-refractivity contribution in [1.29, 1.82) is 0 Å². The maximum atomic E-state index is 12.6. The first kappa shape index (κ1) is 20.2. The number of anilines is 1. The minimum atomic E-state index is -1.31. The predicted molar refractivity (Wildman–Crippen MR) is 112 cm³/mol. The van der Waals surface area contributed by atoms with Crippen LogP contribution in [-0.2, 0) is 4.79 Å². The van der Waals surface area contributed by atoms with E-state index in [1.54, 1.807) is 57.7 Å². The van der Waals surface area contributed by atoms with Crippen molar-refractivity contribution in [3.05, 3.63) is 72.3 Å². The SMILES string of the molecule is COc1ccc(C(O)C(=O)Nc2ccccc2-c2ccc(OC)c(OC)c2)cc1. The summed E-state index contributed by atoms with van der Waals surface area (Å²) in [6, 6.07) is 19.6. The topological polar surface area (TPSA) is 77.0 Å². The molecule has 0 saturated carbocycles. The second-order valence-electron chi connectivity index (χ2n) is 6.28. The lowest BCUT2D eigenvalue weighted by Gasteiger charge is -2.16. The number of rotatable bonds is 7. The molecule has 0 aliphatic rings. The molecule has 0 aliphatic heterocycles. The number of hydrogen-bond acceptors (Lipinski definition) is 5. The second kappa shape index (κ2) is 9.12. The lowest BCUT2D eigenvalue weighted by Crippen LogP contribution is -2.21. The van der Waals surface area contributed by atoms with Gasteiger partial charge < -0.3 is 24.6 Å². The molecule has 2 N–H and O–H groups in total. The molecule has 0 fully saturated rings. The number of methoxy groups -OCH3 is 3. The first-order valence-electron chi connectivity index (χ1n) is 9.01. The van der Waals surface area contributed by atoms with Crippen molar-refractivity contribution >= 4 is 11.6 Å². The van der Waals surface area contributed by atoms with Gasteiger partial charge in [-0.1, -0.05) is 36.4 Å². The molecular formula is C23H23NO5. The van der Waals surface area contributed by atoms with Crippen molar-refractivity contribution in [3.8, 4) is 28.4 Å². The molecule has 0 spiro atoms. The van der Waals surface area contributed by atoms with E-state index in [1.165, 1.54) is 0 Å². The number of para-hydroxylation sites is 1. The van der Waals surface area contributed by atoms with Gasteiger partial charge in [-0.05, 0) is 41.5 Å². The fourth-order valence-corrected chi connectivity index (χ4v) is 2.99. The van der Waals surface area contributed by atoms with Crippen molar-refractivity contribution in [1.82, 2.24) is 0 Å². The Kier molecular flexibility index (Phi) is 6.36. The molecule has 0 aliphatic carbocycles. The van der Waals surface area contributed by atoms with Crippen LogP contribution in [-0.4, -0.2) is 32.3 Å². The standard InChI is InChI=1S/C23H23NO5/c1-27-17-11-8-15(9-12-17)22(25)23(26)24-19-7-5-4-6-18(19)16-10-13-20(28-2)21(14-16)29-3/h4-14,22,25H,1-3H3,(H,24,26). The molecule has 0 radical (unpaired) electrons. The average molecular weight is 393 g/mol. The highest BCUT2D eigenvalue weighted by Crippen LogP contribution is 2.35. The van der Waals surface area contributed by atoms with Crippen molar-refractivity contribution in [2.75, 3.05) is 26.6 Å². The molecule has 1 atom stereocenters. The number of ether oxygens (including phenoxy) is 3. The van der Waals surface area contributed by atoms with Crippen LogP contribution in [0.1, 0.15) is 11.7 Å². The number of aliphatic hydroxyl groups excluding tert-OH is 1. The molecule has 0 heterocycles. The van der Waals surface area contributed by atoms with Crippen LogP contribution in [0.25, 0.3) is 11.1 Å². The van der Waals surface area contributed by atoms with E-state index in [0.29, 0.717) is 28.5 Å². The zero-order valence-corrected chi connectivity index (χ0v) is 16.5. The van der Waals surface area contributed by atoms with E-state index in [1.807, 2.05) is 30.3 Å². The van der Waals surface area contributed by atoms with Crippen LogP contribution in [0.4, 0.5) is 5.69 Å². The Morgan fingerprint density at radius 1 is 0.862 bits per heavy atom. The van der Waals surface area contributed by atoms with Gasteiger partial charge in [0.05, 0.1) is 21.3 Å². The number of hydrogen-bond donors (Lipinski definition) is 2. The molecule has 3 rings (SSSR count). The van der Waals surface area contributed by atoms with Crippen LogP contribution in [0.3, 0.4) is 0 Å². The molecule has 3 aromatic carbocycles. The molecule has 0 bridgehead atoms. The summed E-state index contributed by atoms with van der Waals surface area (Å²) in [6.45, 7) is 0. The van der Waals surface area contributed by atoms with Crippen LogP contribution >= 0.6 is 0 Å². The van der Waals surface area contributed by atoms with Gasteiger partial charge >= 0.3 is 0 Å². The van der Waals surface area contributed by atoms with E-state index >= 15 is 0 Å². The molecular weight excluding hydrogens is 370 g/mol. The molecule has 150 valence electrons. The third-order valence-corrected chi connectivity index (χ3v) is 4.56. The Balaban J connectivity index is 1.86. The number of carbonyl (C=O) groups excluding carboxylic acids is 1. The molecule has 0 saturated heterocycles. The molecule has 0 aromatic heterocycles. The minimum absolute atomic E-state index is 0.479. The third-order valence-electron chi connectivity index (χ3n) is 4.56. The first-order chi connectivity index (χ1) is 14.1. The van der Waals surface area contributed by atoms with Crippen molar-refractivity contribution in [2.24, 2.45) is 0 Å². The monoisotopic (exact) mass is 393 g/mol. The average Bonchev–Trinajstić information content (AvgIpc) is 2.78. The zero-order chi connectivity index (χ0) is 20.8. The highest BCUT2D eigenvalue weighted by Gasteiger charge is 2.19. The highest BCUT2D eigenvalue weighted by molar-refractivity contribution is 5.98. The number of carbonyl (C=O) groups is 1. The summed E-state index contributed by atoms with van der Waals surface area (Å²) in [5.74, 6) is 1.33. The number of benzene rings is 3. The maximum absolute atomic E-state index is 12.6. The van der Waals surface area contributed by atoms with Gasteiger partial charge in [-0.15, -0.1) is 0 Å². The van der Waals surface area contributed by atoms with Gasteiger partial charge in [0.25, 0.3) is 5.91 Å². The quantitative estimate of drug-likeness (QED) is 0.633. The molecule has 1 amide bonds. The minimum Gasteiger partial charge on any atom is -0.497 e. The fraction of sp³-hybridized carbons (Fsp3) is 0.174. The molecule has 6 heteroatoms. The van der Waals surface area contributed by atoms with Crippen LogP contribution in [0.15, 0.2) is 66.7 Å². The van der Waals surface area contributed by atoms with Gasteiger partial charge in [0.2, 0.25) is 0 Å². The second-order valence-corrected chi connectivity index (χ2v) is 6.28. The summed E-state index contributed by atoms with van der Waals surface area (Å²) in [6.07, 6.45) is -1.31. The normalized spacial score (nSPS) is 11.4. The summed E-state index contributed by atoms with van der Waals surface area (Å²) in [5, 5.41) is 13.2. The van der Waals surface area contributed by atoms with Crippen molar-refractivity contribution < 1.29 is 24.1 Å². The van der Waals surface area contributed by atoms with E-state index < -0.39 is 12.0 Å². The van der Waals surface area contributed by atoms with Gasteiger partial charge in [0.1, 0.15) is 5.75 Å². The van der Waals surface area contributed by atoms with E-state index in [0.717, 1.165) is 11.1 Å². The number of nitrogens with one attached hydrogen (secondary N) is 1. The summed E-state index contributed by atoms with van der Waals surface area (Å²) >= 11 is 0. The van der Waals surface area contributed by atoms with Crippen molar-refractivity contribution in [3.63, 3.8) is 0 Å². The lowest BCUT2D eigenvalue weighted by molar-refractivity contribution is -0.124. The van der Waals surface area contributed by atoms with Gasteiger partial charge in [-0.2, -0.15) is 0 Å². The Bertz CT molecular complexity index is 985. The molecule has 6 nitrogen and oxygen atoms in total. The van der Waals surface area contributed by atoms with Crippen LogP contribution < -0.4 is 19.5 Å². The lowest BCUT2D eigenvalue weighted by atomic mass is 10.0. The summed E-state index contributed by atoms with van der Waals surface area (Å²) in [5.41, 5.74) is 2.70. The Morgan fingerprint density at radius 2 is 1.55 bits per heavy atom. The van der Waals surface area contributed by atoms with E-state index in [9.17, 15) is 9.90 Å². The van der Waals surface area contributed by atoms with Crippen LogP contribution in [0, 0.1) is 0 Å². The van der Waals surface area contributed by atoms with E-state index in [-0.39, 0.29) is 0 Å². The predicted octanol–water partition coefficient (Wildman–Crippen LogP) is 4.05. The van der Waals surface area contributed by atoms with Gasteiger partial charge in [0.15, 0.2) is 17.6 Å². The fourth-order valence-electron chi connectivity index (χ4n) is 2.99. The molecule has 3 aromatic rings. The van der Waals surface area contributed by atoms with Gasteiger partial charge in [-0.3, -0.25) is 4.79 Å². The van der Waals surface area contributed by atoms with Gasteiger partial charge in [-0.25, -0.2) is 0 Å². The Hall–Kier alpha value is -3.51. The first-order valence-corrected chi connectivity index (χ1v) is 9.01. The maximum Gasteiger partial charge on any atom is 0.257 e. The van der Waals surface area contributed by atoms with E-state index in [2.05, 4.69) is 5.32 Å². The Morgan fingerprint density at radius 3 is 2.21 bits per heavy atom. The summed E-state index contributed by atoms with van der Waals surface area (Å²) < 4.78 is 15.8. The largest absolute Gasteiger partial charge is 0.497 e. The Labute approximate surface area is 169 Å². The van der Waals surface area contributed by atoms with Crippen LogP contribution in [0.2, 0.25) is 0 Å². The molecule has 29 heavy (non-hydrogen) atoms.